The zero-order valence-electron chi connectivity index (χ0n) is 15.4. The van der Waals surface area contributed by atoms with Crippen LogP contribution in [0.4, 0.5) is 0 Å². The third kappa shape index (κ3) is 3.80. The summed E-state index contributed by atoms with van der Waals surface area (Å²) in [6.45, 7) is 0.275. The molecular formula is C21H23NO6. The van der Waals surface area contributed by atoms with Crippen molar-refractivity contribution in [3.8, 4) is 5.75 Å². The largest absolute Gasteiger partial charge is 0.507 e. The molecule has 0 radical (unpaired) electrons. The van der Waals surface area contributed by atoms with E-state index >= 15 is 0 Å². The van der Waals surface area contributed by atoms with Gasteiger partial charge in [-0.25, -0.2) is 0 Å². The van der Waals surface area contributed by atoms with Crippen molar-refractivity contribution in [2.75, 3.05) is 13.7 Å². The lowest BCUT2D eigenvalue weighted by molar-refractivity contribution is -0.338. The molecule has 2 saturated heterocycles. The number of aliphatic hydroxyl groups excluding tert-OH is 1. The molecule has 2 N–H and O–H groups in total. The number of aliphatic hydroxyl groups is 1. The number of rotatable bonds is 4. The highest BCUT2D eigenvalue weighted by molar-refractivity contribution is 5.83. The molecule has 6 atom stereocenters. The van der Waals surface area contributed by atoms with Crippen molar-refractivity contribution in [3.63, 3.8) is 0 Å². The van der Waals surface area contributed by atoms with E-state index in [4.69, 9.17) is 18.9 Å². The second-order valence-electron chi connectivity index (χ2n) is 6.77. The maximum absolute atomic E-state index is 11.0. The molecular weight excluding hydrogens is 362 g/mol. The Morgan fingerprint density at radius 2 is 1.82 bits per heavy atom. The maximum Gasteiger partial charge on any atom is 0.184 e. The zero-order valence-corrected chi connectivity index (χ0v) is 15.4. The summed E-state index contributed by atoms with van der Waals surface area (Å²) in [6, 6.07) is 15.7. The van der Waals surface area contributed by atoms with E-state index in [0.29, 0.717) is 5.56 Å². The fraction of sp³-hybridized carbons (Fsp3) is 0.381. The minimum Gasteiger partial charge on any atom is -0.507 e. The lowest BCUT2D eigenvalue weighted by atomic mass is 9.96. The average molecular weight is 385 g/mol. The second kappa shape index (κ2) is 8.38. The predicted molar refractivity (Wildman–Crippen MR) is 101 cm³/mol. The van der Waals surface area contributed by atoms with Crippen molar-refractivity contribution in [1.29, 1.82) is 0 Å². The highest BCUT2D eigenvalue weighted by Crippen LogP contribution is 2.35. The Balaban J connectivity index is 1.54. The summed E-state index contributed by atoms with van der Waals surface area (Å²) in [4.78, 5) is 4.43. The van der Waals surface area contributed by atoms with Crippen LogP contribution in [0, 0.1) is 0 Å². The van der Waals surface area contributed by atoms with Crippen molar-refractivity contribution in [3.05, 3.63) is 65.7 Å². The molecule has 0 amide bonds. The van der Waals surface area contributed by atoms with Crippen LogP contribution in [0.15, 0.2) is 59.6 Å². The van der Waals surface area contributed by atoms with E-state index in [2.05, 4.69) is 4.99 Å². The number of hydrogen-bond donors (Lipinski definition) is 2. The molecule has 2 aromatic rings. The van der Waals surface area contributed by atoms with Gasteiger partial charge in [-0.2, -0.15) is 0 Å². The van der Waals surface area contributed by atoms with E-state index in [-0.39, 0.29) is 12.4 Å². The summed E-state index contributed by atoms with van der Waals surface area (Å²) in [5, 5.41) is 20.9. The highest BCUT2D eigenvalue weighted by atomic mass is 16.7. The Morgan fingerprint density at radius 3 is 2.57 bits per heavy atom. The lowest BCUT2D eigenvalue weighted by Gasteiger charge is -2.46. The van der Waals surface area contributed by atoms with Crippen molar-refractivity contribution < 1.29 is 29.2 Å². The van der Waals surface area contributed by atoms with Gasteiger partial charge >= 0.3 is 0 Å². The summed E-state index contributed by atoms with van der Waals surface area (Å²) in [7, 11) is 1.50. The van der Waals surface area contributed by atoms with E-state index in [0.717, 1.165) is 5.56 Å². The first-order valence-corrected chi connectivity index (χ1v) is 9.17. The minimum atomic E-state index is -0.957. The summed E-state index contributed by atoms with van der Waals surface area (Å²) >= 11 is 0. The van der Waals surface area contributed by atoms with Gasteiger partial charge in [-0.1, -0.05) is 42.5 Å². The van der Waals surface area contributed by atoms with E-state index in [1.807, 2.05) is 30.3 Å². The molecule has 0 bridgehead atoms. The SMILES string of the molecule is CO[C@H]1O[C@@H]2COC(c3ccccc3)O[C@H]2[C@@H](O)[C@@H]1N=Cc1ccccc1O. The van der Waals surface area contributed by atoms with Crippen LogP contribution in [-0.4, -0.2) is 60.8 Å². The second-order valence-corrected chi connectivity index (χ2v) is 6.77. The van der Waals surface area contributed by atoms with Gasteiger partial charge in [-0.05, 0) is 12.1 Å². The highest BCUT2D eigenvalue weighted by Gasteiger charge is 2.49. The van der Waals surface area contributed by atoms with Crippen LogP contribution < -0.4 is 0 Å². The number of para-hydroxylation sites is 1. The number of methoxy groups -OCH3 is 1. The number of fused-ring (bicyclic) bond motifs is 1. The number of phenols is 1. The molecule has 4 rings (SSSR count). The lowest BCUT2D eigenvalue weighted by Crippen LogP contribution is -2.61. The van der Waals surface area contributed by atoms with E-state index < -0.39 is 36.9 Å². The van der Waals surface area contributed by atoms with Crippen LogP contribution in [-0.2, 0) is 18.9 Å². The minimum absolute atomic E-state index is 0.107. The molecule has 0 aromatic heterocycles. The number of aliphatic imine (C=N–C) groups is 1. The average Bonchev–Trinajstić information content (AvgIpc) is 2.74. The van der Waals surface area contributed by atoms with Crippen molar-refractivity contribution in [1.82, 2.24) is 0 Å². The molecule has 1 unspecified atom stereocenters. The first-order valence-electron chi connectivity index (χ1n) is 9.17. The number of ether oxygens (including phenoxy) is 4. The van der Waals surface area contributed by atoms with Crippen LogP contribution in [0.1, 0.15) is 17.4 Å². The molecule has 0 spiro atoms. The smallest absolute Gasteiger partial charge is 0.184 e. The molecule has 148 valence electrons. The molecule has 2 aliphatic rings. The van der Waals surface area contributed by atoms with Crippen molar-refractivity contribution >= 4 is 6.21 Å². The molecule has 28 heavy (non-hydrogen) atoms. The van der Waals surface area contributed by atoms with Gasteiger partial charge in [0.15, 0.2) is 12.6 Å². The van der Waals surface area contributed by atoms with Gasteiger partial charge in [-0.15, -0.1) is 0 Å². The van der Waals surface area contributed by atoms with Gasteiger partial charge < -0.3 is 29.2 Å². The Labute approximate surface area is 163 Å². The summed E-state index contributed by atoms with van der Waals surface area (Å²) in [6.07, 6.45) is -1.86. The summed E-state index contributed by atoms with van der Waals surface area (Å²) in [5.41, 5.74) is 1.41. The van der Waals surface area contributed by atoms with E-state index in [1.54, 1.807) is 24.3 Å². The maximum atomic E-state index is 11.0. The Morgan fingerprint density at radius 1 is 1.07 bits per heavy atom. The van der Waals surface area contributed by atoms with Crippen LogP contribution in [0.5, 0.6) is 5.75 Å². The topological polar surface area (TPSA) is 89.7 Å². The Hall–Kier alpha value is -2.29. The van der Waals surface area contributed by atoms with Gasteiger partial charge in [-0.3, -0.25) is 4.99 Å². The molecule has 0 aliphatic carbocycles. The number of hydrogen-bond acceptors (Lipinski definition) is 7. The molecule has 2 aliphatic heterocycles. The van der Waals surface area contributed by atoms with E-state index in [9.17, 15) is 10.2 Å². The van der Waals surface area contributed by atoms with Crippen LogP contribution >= 0.6 is 0 Å². The molecule has 7 heteroatoms. The van der Waals surface area contributed by atoms with Crippen LogP contribution in [0.25, 0.3) is 0 Å². The first-order chi connectivity index (χ1) is 13.7. The van der Waals surface area contributed by atoms with Gasteiger partial charge in [0.05, 0.1) is 6.61 Å². The normalized spacial score (nSPS) is 32.9. The fourth-order valence-corrected chi connectivity index (χ4v) is 3.47. The standard InChI is InChI=1S/C21H23NO6/c1-25-21-17(22-11-14-9-5-6-10-15(14)23)18(24)19-16(27-21)12-26-20(28-19)13-7-3-2-4-8-13/h2-11,16-21,23-24H,12H2,1H3/t16-,17+,18+,19-,20?,21+/m1/s1. The van der Waals surface area contributed by atoms with Gasteiger partial charge in [0, 0.05) is 24.5 Å². The third-order valence-corrected chi connectivity index (χ3v) is 4.96. The summed E-state index contributed by atoms with van der Waals surface area (Å²) in [5.74, 6) is 0.107. The summed E-state index contributed by atoms with van der Waals surface area (Å²) < 4.78 is 23.1. The van der Waals surface area contributed by atoms with E-state index in [1.165, 1.54) is 13.3 Å². The Kier molecular flexibility index (Phi) is 5.70. The monoisotopic (exact) mass is 385 g/mol. The number of aromatic hydroxyl groups is 1. The van der Waals surface area contributed by atoms with Gasteiger partial charge in [0.25, 0.3) is 0 Å². The van der Waals surface area contributed by atoms with Crippen molar-refractivity contribution in [2.45, 2.75) is 36.9 Å². The zero-order chi connectivity index (χ0) is 19.5. The first kappa shape index (κ1) is 19.0. The van der Waals surface area contributed by atoms with Crippen LogP contribution in [0.3, 0.4) is 0 Å². The molecule has 2 fully saturated rings. The number of nitrogens with zero attached hydrogens (tertiary/aromatic N) is 1. The number of benzene rings is 2. The number of phenolic OH excluding ortho intramolecular Hbond substituents is 1. The molecule has 0 saturated carbocycles. The van der Waals surface area contributed by atoms with Gasteiger partial charge in [0.2, 0.25) is 0 Å². The molecule has 7 nitrogen and oxygen atoms in total. The quantitative estimate of drug-likeness (QED) is 0.783. The molecule has 2 aromatic carbocycles. The molecule has 2 heterocycles. The van der Waals surface area contributed by atoms with Crippen molar-refractivity contribution in [2.24, 2.45) is 4.99 Å². The Bertz CT molecular complexity index is 814. The van der Waals surface area contributed by atoms with Crippen LogP contribution in [0.2, 0.25) is 0 Å². The fourth-order valence-electron chi connectivity index (χ4n) is 3.47. The van der Waals surface area contributed by atoms with Gasteiger partial charge in [0.1, 0.15) is 30.1 Å². The third-order valence-electron chi connectivity index (χ3n) is 4.96. The predicted octanol–water partition coefficient (Wildman–Crippen LogP) is 2.03.